The smallest absolute Gasteiger partial charge is 0.113 e. The van der Waals surface area contributed by atoms with Gasteiger partial charge in [-0.25, -0.2) is 0 Å². The van der Waals surface area contributed by atoms with Crippen LogP contribution in [0.4, 0.5) is 0 Å². The highest BCUT2D eigenvalue weighted by Gasteiger charge is 2.32. The van der Waals surface area contributed by atoms with Crippen molar-refractivity contribution in [3.63, 3.8) is 0 Å². The average molecular weight is 381 g/mol. The zero-order valence-electron chi connectivity index (χ0n) is 14.1. The molecular formula is C16H30Cl2N4O2. The number of aliphatic hydroxyl groups is 1. The Morgan fingerprint density at radius 2 is 2.08 bits per heavy atom. The first-order chi connectivity index (χ1) is 10.7. The lowest BCUT2D eigenvalue weighted by molar-refractivity contribution is -0.0535. The molecule has 3 rings (SSSR count). The number of likely N-dealkylation sites (tertiary alicyclic amines) is 1. The van der Waals surface area contributed by atoms with Gasteiger partial charge in [0.2, 0.25) is 0 Å². The number of halogens is 2. The minimum atomic E-state index is -0.738. The van der Waals surface area contributed by atoms with E-state index in [-0.39, 0.29) is 24.8 Å². The van der Waals surface area contributed by atoms with E-state index < -0.39 is 5.60 Å². The molecule has 1 unspecified atom stereocenters. The van der Waals surface area contributed by atoms with Gasteiger partial charge in [0, 0.05) is 38.6 Å². The van der Waals surface area contributed by atoms with Gasteiger partial charge in [0.15, 0.2) is 0 Å². The second kappa shape index (κ2) is 10.6. The van der Waals surface area contributed by atoms with E-state index >= 15 is 0 Å². The highest BCUT2D eigenvalue weighted by atomic mass is 35.5. The van der Waals surface area contributed by atoms with Crippen LogP contribution in [-0.2, 0) is 11.3 Å². The molecule has 6 nitrogen and oxygen atoms in total. The molecule has 2 saturated heterocycles. The van der Waals surface area contributed by atoms with Crippen LogP contribution in [0.1, 0.15) is 19.3 Å². The molecule has 140 valence electrons. The van der Waals surface area contributed by atoms with Crippen molar-refractivity contribution < 1.29 is 9.84 Å². The molecule has 3 heterocycles. The molecule has 0 aliphatic carbocycles. The summed E-state index contributed by atoms with van der Waals surface area (Å²) in [6.07, 6.45) is 7.50. The van der Waals surface area contributed by atoms with Gasteiger partial charge in [-0.15, -0.1) is 24.8 Å². The maximum atomic E-state index is 10.7. The first-order valence-electron chi connectivity index (χ1n) is 8.44. The Morgan fingerprint density at radius 1 is 1.29 bits per heavy atom. The van der Waals surface area contributed by atoms with Gasteiger partial charge in [0.1, 0.15) is 5.60 Å². The van der Waals surface area contributed by atoms with Crippen LogP contribution in [0.15, 0.2) is 18.5 Å². The Kier molecular flexibility index (Phi) is 9.56. The second-order valence-corrected chi connectivity index (χ2v) is 6.73. The van der Waals surface area contributed by atoms with E-state index in [0.717, 1.165) is 32.1 Å². The predicted octanol–water partition coefficient (Wildman–Crippen LogP) is 1.18. The third-order valence-corrected chi connectivity index (χ3v) is 4.80. The molecule has 1 aromatic rings. The molecule has 0 bridgehead atoms. The quantitative estimate of drug-likeness (QED) is 0.802. The summed E-state index contributed by atoms with van der Waals surface area (Å²) >= 11 is 0. The van der Waals surface area contributed by atoms with E-state index in [2.05, 4.69) is 15.3 Å². The minimum Gasteiger partial charge on any atom is -0.385 e. The van der Waals surface area contributed by atoms with Crippen LogP contribution in [-0.4, -0.2) is 71.3 Å². The van der Waals surface area contributed by atoms with E-state index in [1.165, 1.54) is 19.3 Å². The Bertz CT molecular complexity index is 431. The van der Waals surface area contributed by atoms with Gasteiger partial charge in [-0.2, -0.15) is 5.10 Å². The van der Waals surface area contributed by atoms with Crippen molar-refractivity contribution in [3.05, 3.63) is 18.5 Å². The van der Waals surface area contributed by atoms with E-state index in [4.69, 9.17) is 4.74 Å². The number of hydrogen-bond donors (Lipinski definition) is 2. The van der Waals surface area contributed by atoms with Gasteiger partial charge in [0.25, 0.3) is 0 Å². The van der Waals surface area contributed by atoms with E-state index in [0.29, 0.717) is 26.3 Å². The predicted molar refractivity (Wildman–Crippen MR) is 99.1 cm³/mol. The summed E-state index contributed by atoms with van der Waals surface area (Å²) in [5.74, 6) is 0.776. The number of nitrogens with zero attached hydrogens (tertiary/aromatic N) is 3. The van der Waals surface area contributed by atoms with Crippen LogP contribution < -0.4 is 5.32 Å². The van der Waals surface area contributed by atoms with Crippen molar-refractivity contribution in [2.45, 2.75) is 31.4 Å². The summed E-state index contributed by atoms with van der Waals surface area (Å²) < 4.78 is 7.52. The highest BCUT2D eigenvalue weighted by Crippen LogP contribution is 2.22. The number of ether oxygens (including phenoxy) is 1. The van der Waals surface area contributed by atoms with Gasteiger partial charge in [-0.05, 0) is 44.3 Å². The first kappa shape index (κ1) is 21.7. The summed E-state index contributed by atoms with van der Waals surface area (Å²) in [6, 6.07) is 1.98. The molecule has 0 saturated carbocycles. The summed E-state index contributed by atoms with van der Waals surface area (Å²) in [4.78, 5) is 2.39. The fourth-order valence-electron chi connectivity index (χ4n) is 3.48. The van der Waals surface area contributed by atoms with E-state index in [1.54, 1.807) is 0 Å². The molecule has 1 aromatic heterocycles. The lowest BCUT2D eigenvalue weighted by atomic mass is 9.92. The van der Waals surface area contributed by atoms with Crippen LogP contribution in [0.2, 0.25) is 0 Å². The van der Waals surface area contributed by atoms with Gasteiger partial charge in [0.05, 0.1) is 13.2 Å². The molecule has 2 aliphatic heterocycles. The highest BCUT2D eigenvalue weighted by molar-refractivity contribution is 5.85. The standard InChI is InChI=1S/C16H28N4O2.2ClH/c21-16(12-17-6-11-22-14-16)13-19-8-2-15(3-9-19)4-10-20-7-1-5-18-20;;/h1,5,7,15,17,21H,2-4,6,8-14H2;2*1H. The fraction of sp³-hybridized carbons (Fsp3) is 0.812. The van der Waals surface area contributed by atoms with Gasteiger partial charge < -0.3 is 20.1 Å². The van der Waals surface area contributed by atoms with Crippen molar-refractivity contribution >= 4 is 24.8 Å². The first-order valence-corrected chi connectivity index (χ1v) is 8.44. The van der Waals surface area contributed by atoms with Crippen LogP contribution >= 0.6 is 24.8 Å². The minimum absolute atomic E-state index is 0. The van der Waals surface area contributed by atoms with E-state index in [1.807, 2.05) is 23.1 Å². The number of nitrogens with one attached hydrogen (secondary N) is 1. The summed E-state index contributed by atoms with van der Waals surface area (Å²) in [7, 11) is 0. The van der Waals surface area contributed by atoms with Crippen molar-refractivity contribution in [1.29, 1.82) is 0 Å². The second-order valence-electron chi connectivity index (χ2n) is 6.73. The fourth-order valence-corrected chi connectivity index (χ4v) is 3.48. The van der Waals surface area contributed by atoms with Gasteiger partial charge in [-0.3, -0.25) is 4.68 Å². The van der Waals surface area contributed by atoms with Gasteiger partial charge >= 0.3 is 0 Å². The lowest BCUT2D eigenvalue weighted by Gasteiger charge is -2.37. The molecule has 0 amide bonds. The largest absolute Gasteiger partial charge is 0.385 e. The molecule has 0 aromatic carbocycles. The third-order valence-electron chi connectivity index (χ3n) is 4.80. The summed E-state index contributed by atoms with van der Waals surface area (Å²) in [5, 5.41) is 18.2. The molecule has 24 heavy (non-hydrogen) atoms. The SMILES string of the molecule is Cl.Cl.OC1(CN2CCC(CCn3cccn3)CC2)CNCCOC1. The Morgan fingerprint density at radius 3 is 2.79 bits per heavy atom. The maximum absolute atomic E-state index is 10.7. The molecule has 0 radical (unpaired) electrons. The molecule has 2 aliphatic rings. The number of rotatable bonds is 5. The summed E-state index contributed by atoms with van der Waals surface area (Å²) in [6.45, 7) is 6.48. The number of aryl methyl sites for hydroxylation is 1. The molecule has 8 heteroatoms. The maximum Gasteiger partial charge on any atom is 0.113 e. The normalized spacial score (nSPS) is 26.2. The lowest BCUT2D eigenvalue weighted by Crippen LogP contribution is -2.52. The van der Waals surface area contributed by atoms with Crippen molar-refractivity contribution in [1.82, 2.24) is 20.0 Å². The van der Waals surface area contributed by atoms with Gasteiger partial charge in [-0.1, -0.05) is 0 Å². The van der Waals surface area contributed by atoms with Crippen molar-refractivity contribution in [3.8, 4) is 0 Å². The molecule has 0 spiro atoms. The number of aromatic nitrogens is 2. The number of piperidine rings is 1. The molecule has 1 atom stereocenters. The summed E-state index contributed by atoms with van der Waals surface area (Å²) in [5.41, 5.74) is -0.738. The molecule has 2 N–H and O–H groups in total. The third kappa shape index (κ3) is 6.50. The Labute approximate surface area is 156 Å². The number of β-amino-alcohol motifs (C(OH)–C–C–N with tert-alkyl or cyclic N) is 1. The Balaban J connectivity index is 0.00000144. The zero-order valence-corrected chi connectivity index (χ0v) is 15.7. The Hall–Kier alpha value is -0.370. The number of hydrogen-bond acceptors (Lipinski definition) is 5. The molecule has 2 fully saturated rings. The van der Waals surface area contributed by atoms with Crippen LogP contribution in [0.5, 0.6) is 0 Å². The molecular weight excluding hydrogens is 351 g/mol. The topological polar surface area (TPSA) is 62.5 Å². The van der Waals surface area contributed by atoms with Crippen LogP contribution in [0.3, 0.4) is 0 Å². The van der Waals surface area contributed by atoms with Crippen LogP contribution in [0, 0.1) is 5.92 Å². The zero-order chi connectivity index (χ0) is 15.3. The van der Waals surface area contributed by atoms with Crippen molar-refractivity contribution in [2.75, 3.05) is 45.9 Å². The monoisotopic (exact) mass is 380 g/mol. The van der Waals surface area contributed by atoms with Crippen molar-refractivity contribution in [2.24, 2.45) is 5.92 Å². The average Bonchev–Trinajstić information content (AvgIpc) is 2.95. The van der Waals surface area contributed by atoms with Crippen LogP contribution in [0.25, 0.3) is 0 Å². The van der Waals surface area contributed by atoms with E-state index in [9.17, 15) is 5.11 Å².